The number of hydrogen-bond donors (Lipinski definition) is 0. The van der Waals surface area contributed by atoms with E-state index in [9.17, 15) is 22.0 Å². The molecule has 38 heavy (non-hydrogen) atoms. The Morgan fingerprint density at radius 2 is 1.32 bits per heavy atom. The van der Waals surface area contributed by atoms with Crippen LogP contribution in [0.3, 0.4) is 0 Å². The Hall–Kier alpha value is -2.25. The summed E-state index contributed by atoms with van der Waals surface area (Å²) in [6, 6.07) is 8.11. The predicted octanol–water partition coefficient (Wildman–Crippen LogP) is 9.77. The second-order valence-electron chi connectivity index (χ2n) is 11.1. The lowest BCUT2D eigenvalue weighted by Crippen LogP contribution is -2.35. The van der Waals surface area contributed by atoms with Gasteiger partial charge in [-0.3, -0.25) is 0 Å². The first-order valence-electron chi connectivity index (χ1n) is 13.7. The topological polar surface area (TPSA) is 9.23 Å². The third kappa shape index (κ3) is 7.23. The Bertz CT molecular complexity index is 1060. The number of benzene rings is 2. The van der Waals surface area contributed by atoms with Gasteiger partial charge in [-0.2, -0.15) is 0 Å². The zero-order chi connectivity index (χ0) is 27.5. The summed E-state index contributed by atoms with van der Waals surface area (Å²) >= 11 is 0. The van der Waals surface area contributed by atoms with Crippen molar-refractivity contribution in [1.82, 2.24) is 0 Å². The molecule has 0 radical (unpaired) electrons. The summed E-state index contributed by atoms with van der Waals surface area (Å²) in [4.78, 5) is 0. The zero-order valence-electron chi connectivity index (χ0n) is 21.6. The minimum absolute atomic E-state index is 0.0579. The van der Waals surface area contributed by atoms with E-state index in [0.29, 0.717) is 43.6 Å². The van der Waals surface area contributed by atoms with Crippen LogP contribution in [0.1, 0.15) is 87.3 Å². The minimum Gasteiger partial charge on any atom is -0.403 e. The van der Waals surface area contributed by atoms with Crippen LogP contribution in [0.2, 0.25) is 0 Å². The van der Waals surface area contributed by atoms with Crippen molar-refractivity contribution in [3.05, 3.63) is 64.7 Å². The van der Waals surface area contributed by atoms with Crippen molar-refractivity contribution in [3.63, 3.8) is 0 Å². The average molecular weight is 545 g/mol. The van der Waals surface area contributed by atoms with Crippen LogP contribution in [0.15, 0.2) is 36.4 Å². The molecule has 2 aromatic carbocycles. The Morgan fingerprint density at radius 3 is 1.87 bits per heavy atom. The smallest absolute Gasteiger partial charge is 0.403 e. The van der Waals surface area contributed by atoms with E-state index in [1.54, 1.807) is 6.07 Å². The summed E-state index contributed by atoms with van der Waals surface area (Å²) in [7, 11) is 0. The largest absolute Gasteiger partial charge is 0.573 e. The summed E-state index contributed by atoms with van der Waals surface area (Å²) < 4.78 is 99.3. The number of alkyl halides is 5. The van der Waals surface area contributed by atoms with E-state index in [0.717, 1.165) is 61.8 Å². The van der Waals surface area contributed by atoms with Crippen LogP contribution in [-0.4, -0.2) is 12.3 Å². The van der Waals surface area contributed by atoms with Gasteiger partial charge in [0.2, 0.25) is 0 Å². The first-order valence-corrected chi connectivity index (χ1v) is 13.7. The van der Waals surface area contributed by atoms with E-state index in [1.165, 1.54) is 0 Å². The Morgan fingerprint density at radius 1 is 0.737 bits per heavy atom. The van der Waals surface area contributed by atoms with Crippen LogP contribution in [0, 0.1) is 29.4 Å². The number of halogens is 7. The van der Waals surface area contributed by atoms with Gasteiger partial charge in [0.25, 0.3) is 5.92 Å². The molecule has 2 saturated carbocycles. The van der Waals surface area contributed by atoms with Gasteiger partial charge in [0, 0.05) is 12.3 Å². The molecule has 0 saturated heterocycles. The van der Waals surface area contributed by atoms with Gasteiger partial charge in [0.1, 0.15) is 5.82 Å². The van der Waals surface area contributed by atoms with Gasteiger partial charge < -0.3 is 4.74 Å². The maximum Gasteiger partial charge on any atom is 0.573 e. The van der Waals surface area contributed by atoms with Crippen molar-refractivity contribution < 1.29 is 35.5 Å². The Balaban J connectivity index is 1.27. The second kappa shape index (κ2) is 11.9. The van der Waals surface area contributed by atoms with E-state index < -0.39 is 36.2 Å². The van der Waals surface area contributed by atoms with Crippen LogP contribution in [0.25, 0.3) is 0 Å². The number of ether oxygens (including phenoxy) is 1. The summed E-state index contributed by atoms with van der Waals surface area (Å²) in [5.74, 6) is -5.36. The van der Waals surface area contributed by atoms with Gasteiger partial charge in [-0.1, -0.05) is 31.5 Å². The number of rotatable bonds is 8. The maximum absolute atomic E-state index is 15.1. The summed E-state index contributed by atoms with van der Waals surface area (Å²) in [6.07, 6.45) is 1.94. The molecule has 0 bridgehead atoms. The minimum atomic E-state index is -5.06. The quantitative estimate of drug-likeness (QED) is 0.301. The van der Waals surface area contributed by atoms with E-state index in [4.69, 9.17) is 0 Å². The fourth-order valence-electron chi connectivity index (χ4n) is 6.54. The zero-order valence-corrected chi connectivity index (χ0v) is 21.6. The highest BCUT2D eigenvalue weighted by atomic mass is 19.4. The molecule has 0 heterocycles. The van der Waals surface area contributed by atoms with Crippen LogP contribution in [0.5, 0.6) is 5.75 Å². The third-order valence-electron chi connectivity index (χ3n) is 8.51. The molecule has 0 aromatic heterocycles. The van der Waals surface area contributed by atoms with Crippen LogP contribution < -0.4 is 4.74 Å². The monoisotopic (exact) mass is 544 g/mol. The molecule has 2 aliphatic carbocycles. The van der Waals surface area contributed by atoms with E-state index in [2.05, 4.69) is 11.7 Å². The molecule has 0 atom stereocenters. The molecule has 0 amide bonds. The van der Waals surface area contributed by atoms with Gasteiger partial charge in [0.05, 0.1) is 0 Å². The van der Waals surface area contributed by atoms with Crippen molar-refractivity contribution >= 4 is 0 Å². The Labute approximate surface area is 219 Å². The summed E-state index contributed by atoms with van der Waals surface area (Å²) in [5.41, 5.74) is 1.76. The van der Waals surface area contributed by atoms with E-state index >= 15 is 8.78 Å². The Kier molecular flexibility index (Phi) is 8.98. The van der Waals surface area contributed by atoms with Crippen molar-refractivity contribution in [2.45, 2.75) is 95.8 Å². The lowest BCUT2D eigenvalue weighted by atomic mass is 9.67. The maximum atomic E-state index is 15.1. The van der Waals surface area contributed by atoms with Gasteiger partial charge >= 0.3 is 6.36 Å². The summed E-state index contributed by atoms with van der Waals surface area (Å²) in [6.45, 7) is 2.07. The number of hydrogen-bond acceptors (Lipinski definition) is 1. The lowest BCUT2D eigenvalue weighted by Gasteiger charge is -2.39. The first kappa shape index (κ1) is 28.8. The van der Waals surface area contributed by atoms with E-state index in [1.807, 2.05) is 12.1 Å². The highest BCUT2D eigenvalue weighted by molar-refractivity contribution is 5.30. The lowest BCUT2D eigenvalue weighted by molar-refractivity contribution is -0.275. The fraction of sp³-hybridized carbons (Fsp3) is 0.600. The highest BCUT2D eigenvalue weighted by Gasteiger charge is 2.43. The van der Waals surface area contributed by atoms with Crippen molar-refractivity contribution in [3.8, 4) is 5.75 Å². The second-order valence-corrected chi connectivity index (χ2v) is 11.1. The molecule has 0 spiro atoms. The summed E-state index contributed by atoms with van der Waals surface area (Å²) in [5, 5.41) is 0. The van der Waals surface area contributed by atoms with E-state index in [-0.39, 0.29) is 17.3 Å². The molecule has 8 heteroatoms. The highest BCUT2D eigenvalue weighted by Crippen LogP contribution is 2.47. The third-order valence-corrected chi connectivity index (χ3v) is 8.51. The molecular formula is C30H35F7O. The molecule has 0 aliphatic heterocycles. The van der Waals surface area contributed by atoms with Crippen LogP contribution in [-0.2, 0) is 12.8 Å². The molecule has 2 aromatic rings. The van der Waals surface area contributed by atoms with Gasteiger partial charge in [-0.05, 0) is 110 Å². The molecule has 0 unspecified atom stereocenters. The number of aryl methyl sites for hydroxylation is 1. The van der Waals surface area contributed by atoms with Gasteiger partial charge in [-0.15, -0.1) is 13.2 Å². The molecule has 2 fully saturated rings. The fourth-order valence-corrected chi connectivity index (χ4v) is 6.54. The van der Waals surface area contributed by atoms with Crippen molar-refractivity contribution in [2.75, 3.05) is 0 Å². The molecular weight excluding hydrogens is 509 g/mol. The van der Waals surface area contributed by atoms with Crippen LogP contribution >= 0.6 is 0 Å². The predicted molar refractivity (Wildman–Crippen MR) is 132 cm³/mol. The molecule has 210 valence electrons. The average Bonchev–Trinajstić information content (AvgIpc) is 2.85. The van der Waals surface area contributed by atoms with Crippen molar-refractivity contribution in [1.29, 1.82) is 0 Å². The SMILES string of the molecule is CCCc1ccc(C2CCC(C3CCC(C(F)(F)Cc4ccc(OC(F)(F)F)c(F)c4)CC3)CC2)c(F)c1. The molecule has 4 rings (SSSR count). The van der Waals surface area contributed by atoms with Crippen LogP contribution in [0.4, 0.5) is 30.7 Å². The molecule has 0 N–H and O–H groups in total. The van der Waals surface area contributed by atoms with Gasteiger partial charge in [0.15, 0.2) is 11.6 Å². The molecule has 1 nitrogen and oxygen atoms in total. The standard InChI is InChI=1S/C30H35F7O/c1-2-3-19-4-14-25(26(31)16-19)23-8-6-21(7-9-23)22-10-12-24(13-11-22)29(33,34)18-20-5-15-28(27(32)17-20)38-30(35,36)37/h4-5,14-17,21-24H,2-3,6-13,18H2,1H3. The molecule has 2 aliphatic rings. The normalized spacial score (nSPS) is 24.8. The van der Waals surface area contributed by atoms with Crippen molar-refractivity contribution in [2.24, 2.45) is 17.8 Å². The van der Waals surface area contributed by atoms with Gasteiger partial charge in [-0.25, -0.2) is 17.6 Å². The first-order chi connectivity index (χ1) is 17.9.